The summed E-state index contributed by atoms with van der Waals surface area (Å²) < 4.78 is 0. The van der Waals surface area contributed by atoms with E-state index in [0.29, 0.717) is 5.54 Å². The van der Waals surface area contributed by atoms with Crippen molar-refractivity contribution >= 4 is 28.3 Å². The lowest BCUT2D eigenvalue weighted by Gasteiger charge is -2.21. The number of hydrogen-bond acceptors (Lipinski definition) is 3. The Morgan fingerprint density at radius 2 is 2.18 bits per heavy atom. The highest BCUT2D eigenvalue weighted by Gasteiger charge is 2.39. The maximum absolute atomic E-state index is 4.70. The predicted molar refractivity (Wildman–Crippen MR) is 77.0 cm³/mol. The van der Waals surface area contributed by atoms with E-state index in [0.717, 1.165) is 11.7 Å². The summed E-state index contributed by atoms with van der Waals surface area (Å²) in [6.07, 6.45) is 5.42. The number of hydrogen-bond donors (Lipinski definition) is 1. The molecule has 1 aromatic rings. The molecule has 2 heterocycles. The molecular formula is C13H18N2S2. The van der Waals surface area contributed by atoms with Gasteiger partial charge in [-0.3, -0.25) is 4.99 Å². The molecule has 0 unspecified atom stereocenters. The van der Waals surface area contributed by atoms with Crippen molar-refractivity contribution in [1.82, 2.24) is 5.32 Å². The van der Waals surface area contributed by atoms with Gasteiger partial charge in [0.15, 0.2) is 5.17 Å². The molecule has 1 saturated carbocycles. The van der Waals surface area contributed by atoms with E-state index in [1.54, 1.807) is 0 Å². The Kier molecular flexibility index (Phi) is 3.17. The van der Waals surface area contributed by atoms with Gasteiger partial charge in [-0.25, -0.2) is 0 Å². The minimum absolute atomic E-state index is 0.398. The zero-order valence-electron chi connectivity index (χ0n) is 10.2. The summed E-state index contributed by atoms with van der Waals surface area (Å²) in [5.74, 6) is 1.22. The first-order valence-corrected chi connectivity index (χ1v) is 8.07. The first-order valence-electron chi connectivity index (χ1n) is 6.27. The molecule has 92 valence electrons. The summed E-state index contributed by atoms with van der Waals surface area (Å²) in [4.78, 5) is 7.44. The largest absolute Gasteiger partial charge is 0.359 e. The minimum Gasteiger partial charge on any atom is -0.359 e. The lowest BCUT2D eigenvalue weighted by atomic mass is 10.0. The van der Waals surface area contributed by atoms with E-state index in [9.17, 15) is 0 Å². The smallest absolute Gasteiger partial charge is 0.157 e. The van der Waals surface area contributed by atoms with Gasteiger partial charge >= 0.3 is 0 Å². The van der Waals surface area contributed by atoms with Gasteiger partial charge in [-0.05, 0) is 31.9 Å². The molecule has 4 heteroatoms. The summed E-state index contributed by atoms with van der Waals surface area (Å²) >= 11 is 3.76. The van der Waals surface area contributed by atoms with E-state index in [1.165, 1.54) is 41.2 Å². The third kappa shape index (κ3) is 2.52. The van der Waals surface area contributed by atoms with Crippen LogP contribution in [0.25, 0.3) is 0 Å². The van der Waals surface area contributed by atoms with Gasteiger partial charge in [0.25, 0.3) is 0 Å². The number of nitrogens with one attached hydrogen (secondary N) is 1. The molecule has 3 rings (SSSR count). The Morgan fingerprint density at radius 1 is 1.35 bits per heavy atom. The normalized spacial score (nSPS) is 24.6. The lowest BCUT2D eigenvalue weighted by Crippen LogP contribution is -2.40. The highest BCUT2D eigenvalue weighted by Crippen LogP contribution is 2.37. The Morgan fingerprint density at radius 3 is 2.88 bits per heavy atom. The molecule has 0 aromatic carbocycles. The molecule has 1 saturated heterocycles. The molecule has 1 spiro atoms. The summed E-state index contributed by atoms with van der Waals surface area (Å²) in [5, 5.41) is 4.83. The molecule has 1 aromatic heterocycles. The van der Waals surface area contributed by atoms with Crippen LogP contribution in [0.15, 0.2) is 17.1 Å². The molecule has 2 fully saturated rings. The number of thiophene rings is 1. The lowest BCUT2D eigenvalue weighted by molar-refractivity contribution is 0.452. The van der Waals surface area contributed by atoms with Crippen LogP contribution in [-0.4, -0.2) is 16.5 Å². The fourth-order valence-electron chi connectivity index (χ4n) is 2.63. The van der Waals surface area contributed by atoms with Crippen molar-refractivity contribution in [1.29, 1.82) is 0 Å². The van der Waals surface area contributed by atoms with Crippen LogP contribution in [0, 0.1) is 6.92 Å². The summed E-state index contributed by atoms with van der Waals surface area (Å²) in [5.41, 5.74) is 0.398. The second-order valence-corrected chi connectivity index (χ2v) is 7.37. The number of amidine groups is 1. The van der Waals surface area contributed by atoms with Crippen molar-refractivity contribution in [2.75, 3.05) is 5.75 Å². The fraction of sp³-hybridized carbons (Fsp3) is 0.615. The zero-order chi connectivity index (χ0) is 11.7. The molecule has 1 aliphatic heterocycles. The topological polar surface area (TPSA) is 24.4 Å². The number of aryl methyl sites for hydroxylation is 1. The molecule has 0 amide bonds. The highest BCUT2D eigenvalue weighted by molar-refractivity contribution is 8.14. The Balaban J connectivity index is 1.62. The van der Waals surface area contributed by atoms with Crippen molar-refractivity contribution < 1.29 is 0 Å². The van der Waals surface area contributed by atoms with Crippen molar-refractivity contribution in [3.05, 3.63) is 21.9 Å². The van der Waals surface area contributed by atoms with Crippen LogP contribution in [0.2, 0.25) is 0 Å². The van der Waals surface area contributed by atoms with E-state index >= 15 is 0 Å². The van der Waals surface area contributed by atoms with Crippen LogP contribution < -0.4 is 5.32 Å². The van der Waals surface area contributed by atoms with Gasteiger partial charge in [0.1, 0.15) is 0 Å². The summed E-state index contributed by atoms with van der Waals surface area (Å²) in [6, 6.07) is 4.36. The quantitative estimate of drug-likeness (QED) is 0.885. The van der Waals surface area contributed by atoms with Crippen molar-refractivity contribution in [3.8, 4) is 0 Å². The second kappa shape index (κ2) is 4.65. The number of thioether (sulfide) groups is 1. The van der Waals surface area contributed by atoms with E-state index in [1.807, 2.05) is 23.1 Å². The number of rotatable bonds is 2. The van der Waals surface area contributed by atoms with Gasteiger partial charge < -0.3 is 5.32 Å². The zero-order valence-corrected chi connectivity index (χ0v) is 11.8. The molecule has 2 aliphatic rings. The van der Waals surface area contributed by atoms with Gasteiger partial charge in [0.2, 0.25) is 0 Å². The molecule has 1 N–H and O–H groups in total. The molecule has 0 radical (unpaired) electrons. The molecule has 2 nitrogen and oxygen atoms in total. The maximum Gasteiger partial charge on any atom is 0.157 e. The van der Waals surface area contributed by atoms with Gasteiger partial charge in [-0.1, -0.05) is 24.6 Å². The first kappa shape index (κ1) is 11.6. The third-order valence-corrected chi connectivity index (χ3v) is 5.78. The van der Waals surface area contributed by atoms with Crippen molar-refractivity contribution in [2.24, 2.45) is 4.99 Å². The predicted octanol–water partition coefficient (Wildman–Crippen LogP) is 3.56. The van der Waals surface area contributed by atoms with Crippen molar-refractivity contribution in [2.45, 2.75) is 44.7 Å². The summed E-state index contributed by atoms with van der Waals surface area (Å²) in [7, 11) is 0. The highest BCUT2D eigenvalue weighted by atomic mass is 32.2. The van der Waals surface area contributed by atoms with Gasteiger partial charge in [-0.2, -0.15) is 0 Å². The molecule has 0 bridgehead atoms. The average molecular weight is 266 g/mol. The Labute approximate surface area is 111 Å². The Hall–Kier alpha value is -0.480. The average Bonchev–Trinajstić information content (AvgIpc) is 3.01. The maximum atomic E-state index is 4.70. The van der Waals surface area contributed by atoms with E-state index in [2.05, 4.69) is 24.4 Å². The van der Waals surface area contributed by atoms with Crippen molar-refractivity contribution in [3.63, 3.8) is 0 Å². The van der Waals surface area contributed by atoms with E-state index < -0.39 is 0 Å². The van der Waals surface area contributed by atoms with Crippen LogP contribution in [-0.2, 0) is 6.54 Å². The first-order chi connectivity index (χ1) is 8.26. The monoisotopic (exact) mass is 266 g/mol. The summed E-state index contributed by atoms with van der Waals surface area (Å²) in [6.45, 7) is 2.99. The SMILES string of the molecule is Cc1ccc(CN=C2NC3(CCCC3)CS2)s1. The van der Waals surface area contributed by atoms with E-state index in [-0.39, 0.29) is 0 Å². The van der Waals surface area contributed by atoms with Gasteiger partial charge in [0.05, 0.1) is 6.54 Å². The van der Waals surface area contributed by atoms with Crippen LogP contribution in [0.5, 0.6) is 0 Å². The Bertz CT molecular complexity index is 430. The van der Waals surface area contributed by atoms with Crippen LogP contribution in [0.4, 0.5) is 0 Å². The van der Waals surface area contributed by atoms with Crippen LogP contribution in [0.3, 0.4) is 0 Å². The molecular weight excluding hydrogens is 248 g/mol. The van der Waals surface area contributed by atoms with Crippen LogP contribution >= 0.6 is 23.1 Å². The van der Waals surface area contributed by atoms with Gasteiger partial charge in [0, 0.05) is 21.0 Å². The van der Waals surface area contributed by atoms with Gasteiger partial charge in [-0.15, -0.1) is 11.3 Å². The van der Waals surface area contributed by atoms with Crippen LogP contribution in [0.1, 0.15) is 35.4 Å². The second-order valence-electron chi connectivity index (χ2n) is 5.03. The molecule has 1 aliphatic carbocycles. The molecule has 0 atom stereocenters. The fourth-order valence-corrected chi connectivity index (χ4v) is 4.66. The standard InChI is InChI=1S/C13H18N2S2/c1-10-4-5-11(17-10)8-14-12-15-13(9-16-12)6-2-3-7-13/h4-5H,2-3,6-9H2,1H3,(H,14,15). The molecule has 17 heavy (non-hydrogen) atoms. The number of nitrogens with zero attached hydrogens (tertiary/aromatic N) is 1. The van der Waals surface area contributed by atoms with E-state index in [4.69, 9.17) is 4.99 Å². The third-order valence-electron chi connectivity index (χ3n) is 3.59. The minimum atomic E-state index is 0.398. The number of aliphatic imine (C=N–C) groups is 1.